The zero-order chi connectivity index (χ0) is 16.5. The number of sulfonamides is 1. The van der Waals surface area contributed by atoms with Crippen LogP contribution in [0.5, 0.6) is 0 Å². The summed E-state index contributed by atoms with van der Waals surface area (Å²) in [5.74, 6) is -0.377. The Morgan fingerprint density at radius 1 is 1.36 bits per heavy atom. The van der Waals surface area contributed by atoms with Crippen molar-refractivity contribution in [3.8, 4) is 5.69 Å². The van der Waals surface area contributed by atoms with Crippen LogP contribution in [-0.4, -0.2) is 47.3 Å². The Kier molecular flexibility index (Phi) is 4.64. The quantitative estimate of drug-likeness (QED) is 0.899. The van der Waals surface area contributed by atoms with E-state index in [-0.39, 0.29) is 17.3 Å². The van der Waals surface area contributed by atoms with Crippen molar-refractivity contribution in [1.82, 2.24) is 14.1 Å². The number of rotatable bonds is 5. The lowest BCUT2D eigenvalue weighted by Gasteiger charge is -2.22. The Morgan fingerprint density at radius 3 is 2.50 bits per heavy atom. The fourth-order valence-corrected chi connectivity index (χ4v) is 3.49. The summed E-state index contributed by atoms with van der Waals surface area (Å²) < 4.78 is 40.6. The van der Waals surface area contributed by atoms with Crippen molar-refractivity contribution in [2.45, 2.75) is 24.8 Å². The van der Waals surface area contributed by atoms with Crippen LogP contribution < -0.4 is 0 Å². The predicted molar refractivity (Wildman–Crippen MR) is 79.8 cm³/mol. The van der Waals surface area contributed by atoms with Crippen LogP contribution in [0.3, 0.4) is 0 Å². The van der Waals surface area contributed by atoms with E-state index in [9.17, 15) is 12.8 Å². The first kappa shape index (κ1) is 16.6. The molecular formula is C14H18FN3O3S. The average molecular weight is 327 g/mol. The van der Waals surface area contributed by atoms with E-state index in [0.29, 0.717) is 11.4 Å². The molecule has 0 amide bonds. The molecule has 1 aromatic heterocycles. The number of hydrogen-bond donors (Lipinski definition) is 1. The van der Waals surface area contributed by atoms with Gasteiger partial charge in [0.25, 0.3) is 0 Å². The molecule has 0 aliphatic heterocycles. The minimum Gasteiger partial charge on any atom is -0.395 e. The highest BCUT2D eigenvalue weighted by Crippen LogP contribution is 2.22. The van der Waals surface area contributed by atoms with Crippen LogP contribution in [0.1, 0.15) is 12.6 Å². The average Bonchev–Trinajstić information content (AvgIpc) is 2.89. The maximum Gasteiger partial charge on any atom is 0.246 e. The summed E-state index contributed by atoms with van der Waals surface area (Å²) in [5, 5.41) is 13.2. The third-order valence-electron chi connectivity index (χ3n) is 3.58. The second-order valence-electron chi connectivity index (χ2n) is 5.04. The van der Waals surface area contributed by atoms with Gasteiger partial charge in [-0.15, -0.1) is 0 Å². The zero-order valence-corrected chi connectivity index (χ0v) is 13.4. The van der Waals surface area contributed by atoms with Gasteiger partial charge in [0.1, 0.15) is 10.7 Å². The van der Waals surface area contributed by atoms with Gasteiger partial charge in [-0.3, -0.25) is 0 Å². The van der Waals surface area contributed by atoms with Crippen LogP contribution in [0.2, 0.25) is 0 Å². The third kappa shape index (κ3) is 2.90. The summed E-state index contributed by atoms with van der Waals surface area (Å²) in [6.45, 7) is 2.96. The van der Waals surface area contributed by atoms with Crippen molar-refractivity contribution >= 4 is 10.0 Å². The molecule has 1 N–H and O–H groups in total. The maximum absolute atomic E-state index is 13.0. The van der Waals surface area contributed by atoms with Crippen LogP contribution in [0.4, 0.5) is 4.39 Å². The molecule has 22 heavy (non-hydrogen) atoms. The second kappa shape index (κ2) is 6.15. The number of nitrogens with zero attached hydrogens (tertiary/aromatic N) is 3. The lowest BCUT2D eigenvalue weighted by Crippen LogP contribution is -2.37. The SMILES string of the molecule is Cc1c(S(=O)(=O)N(C)[C@@H](C)CO)cnn1-c1ccc(F)cc1. The predicted octanol–water partition coefficient (Wildman–Crippen LogP) is 1.32. The van der Waals surface area contributed by atoms with Crippen molar-refractivity contribution in [2.75, 3.05) is 13.7 Å². The van der Waals surface area contributed by atoms with Crippen molar-refractivity contribution in [3.63, 3.8) is 0 Å². The largest absolute Gasteiger partial charge is 0.395 e. The molecule has 1 heterocycles. The number of aromatic nitrogens is 2. The highest BCUT2D eigenvalue weighted by atomic mass is 32.2. The normalized spacial score (nSPS) is 13.5. The molecule has 1 aromatic carbocycles. The number of aliphatic hydroxyl groups is 1. The van der Waals surface area contributed by atoms with Crippen molar-refractivity contribution in [1.29, 1.82) is 0 Å². The van der Waals surface area contributed by atoms with Gasteiger partial charge in [-0.05, 0) is 38.1 Å². The Morgan fingerprint density at radius 2 is 1.95 bits per heavy atom. The molecule has 6 nitrogen and oxygen atoms in total. The van der Waals surface area contributed by atoms with E-state index >= 15 is 0 Å². The van der Waals surface area contributed by atoms with Crippen molar-refractivity contribution in [2.24, 2.45) is 0 Å². The van der Waals surface area contributed by atoms with Gasteiger partial charge < -0.3 is 5.11 Å². The second-order valence-corrected chi connectivity index (χ2v) is 7.00. The van der Waals surface area contributed by atoms with E-state index in [1.807, 2.05) is 0 Å². The van der Waals surface area contributed by atoms with Gasteiger partial charge in [-0.2, -0.15) is 9.40 Å². The first-order valence-electron chi connectivity index (χ1n) is 6.68. The Hall–Kier alpha value is -1.77. The number of halogens is 1. The van der Waals surface area contributed by atoms with Gasteiger partial charge in [0, 0.05) is 13.1 Å². The Labute approximate surface area is 128 Å². The van der Waals surface area contributed by atoms with E-state index < -0.39 is 16.1 Å². The minimum atomic E-state index is -3.76. The van der Waals surface area contributed by atoms with Gasteiger partial charge in [-0.25, -0.2) is 17.5 Å². The molecule has 0 saturated carbocycles. The van der Waals surface area contributed by atoms with Crippen LogP contribution in [0.25, 0.3) is 5.69 Å². The van der Waals surface area contributed by atoms with E-state index in [4.69, 9.17) is 5.11 Å². The Bertz CT molecular complexity index is 756. The zero-order valence-electron chi connectivity index (χ0n) is 12.6. The van der Waals surface area contributed by atoms with Gasteiger partial charge in [0.05, 0.1) is 24.2 Å². The molecule has 2 rings (SSSR count). The summed E-state index contributed by atoms with van der Waals surface area (Å²) in [7, 11) is -2.35. The number of likely N-dealkylation sites (N-methyl/N-ethyl adjacent to an activating group) is 1. The lowest BCUT2D eigenvalue weighted by molar-refractivity contribution is 0.214. The van der Waals surface area contributed by atoms with E-state index in [1.54, 1.807) is 13.8 Å². The molecule has 0 unspecified atom stereocenters. The first-order valence-corrected chi connectivity index (χ1v) is 8.12. The highest BCUT2D eigenvalue weighted by molar-refractivity contribution is 7.89. The number of benzene rings is 1. The molecule has 0 bridgehead atoms. The van der Waals surface area contributed by atoms with E-state index in [1.165, 1.54) is 42.2 Å². The number of aliphatic hydroxyl groups excluding tert-OH is 1. The molecule has 1 atom stereocenters. The maximum atomic E-state index is 13.0. The molecule has 0 aliphatic carbocycles. The molecular weight excluding hydrogens is 309 g/mol. The molecule has 2 aromatic rings. The molecule has 0 fully saturated rings. The van der Waals surface area contributed by atoms with E-state index in [0.717, 1.165) is 4.31 Å². The third-order valence-corrected chi connectivity index (χ3v) is 5.65. The molecule has 0 aliphatic rings. The number of hydrogen-bond acceptors (Lipinski definition) is 4. The van der Waals surface area contributed by atoms with Crippen LogP contribution >= 0.6 is 0 Å². The minimum absolute atomic E-state index is 0.0552. The molecule has 0 saturated heterocycles. The van der Waals surface area contributed by atoms with Gasteiger partial charge >= 0.3 is 0 Å². The molecule has 120 valence electrons. The van der Waals surface area contributed by atoms with Crippen LogP contribution in [0, 0.1) is 12.7 Å². The monoisotopic (exact) mass is 327 g/mol. The van der Waals surface area contributed by atoms with Gasteiger partial charge in [0.15, 0.2) is 0 Å². The fraction of sp³-hybridized carbons (Fsp3) is 0.357. The fourth-order valence-electron chi connectivity index (χ4n) is 2.00. The summed E-state index contributed by atoms with van der Waals surface area (Å²) in [4.78, 5) is 0.0552. The standard InChI is InChI=1S/C14H18FN3O3S/c1-10(9-19)17(3)22(20,21)14-8-16-18(11(14)2)13-6-4-12(15)5-7-13/h4-8,10,19H,9H2,1-3H3/t10-/m0/s1. The summed E-state index contributed by atoms with van der Waals surface area (Å²) >= 11 is 0. The van der Waals surface area contributed by atoms with Gasteiger partial charge in [-0.1, -0.05) is 0 Å². The van der Waals surface area contributed by atoms with E-state index in [2.05, 4.69) is 5.10 Å². The summed E-state index contributed by atoms with van der Waals surface area (Å²) in [5.41, 5.74) is 0.988. The summed E-state index contributed by atoms with van der Waals surface area (Å²) in [6, 6.07) is 5.06. The van der Waals surface area contributed by atoms with Gasteiger partial charge in [0.2, 0.25) is 10.0 Å². The lowest BCUT2D eigenvalue weighted by atomic mass is 10.3. The van der Waals surface area contributed by atoms with Crippen molar-refractivity contribution < 1.29 is 17.9 Å². The smallest absolute Gasteiger partial charge is 0.246 e. The highest BCUT2D eigenvalue weighted by Gasteiger charge is 2.29. The molecule has 0 radical (unpaired) electrons. The Balaban J connectivity index is 2.45. The molecule has 0 spiro atoms. The summed E-state index contributed by atoms with van der Waals surface area (Å²) in [6.07, 6.45) is 1.26. The molecule has 8 heteroatoms. The topological polar surface area (TPSA) is 75.4 Å². The van der Waals surface area contributed by atoms with Crippen LogP contribution in [-0.2, 0) is 10.0 Å². The first-order chi connectivity index (χ1) is 10.3. The van der Waals surface area contributed by atoms with Crippen molar-refractivity contribution in [3.05, 3.63) is 42.0 Å². The van der Waals surface area contributed by atoms with Crippen LogP contribution in [0.15, 0.2) is 35.4 Å².